The average Bonchev–Trinajstić information content (AvgIpc) is 3.24. The quantitative estimate of drug-likeness (QED) is 0.673. The Morgan fingerprint density at radius 3 is 2.52 bits per heavy atom. The van der Waals surface area contributed by atoms with Crippen molar-refractivity contribution in [2.75, 3.05) is 6.54 Å². The second kappa shape index (κ2) is 7.70. The standard InChI is InChI=1S/C19H21BrN4O/c1-14(2)9-10-21-18(25)17-13-22-24(16-7-5-15(20)6-8-16)19(17)23-11-3-4-12-23/h3-8,11-14H,9-10H2,1-2H3,(H,21,25). The molecule has 0 saturated heterocycles. The predicted octanol–water partition coefficient (Wildman–Crippen LogP) is 4.20. The molecule has 0 unspecified atom stereocenters. The Morgan fingerprint density at radius 1 is 1.20 bits per heavy atom. The van der Waals surface area contributed by atoms with Crippen LogP contribution in [0.15, 0.2) is 59.5 Å². The molecule has 0 atom stereocenters. The number of amides is 1. The number of carbonyl (C=O) groups excluding carboxylic acids is 1. The second-order valence-electron chi connectivity index (χ2n) is 6.30. The normalized spacial score (nSPS) is 11.0. The number of nitrogens with one attached hydrogen (secondary N) is 1. The second-order valence-corrected chi connectivity index (χ2v) is 7.21. The Balaban J connectivity index is 1.96. The fourth-order valence-corrected chi connectivity index (χ4v) is 2.83. The third-order valence-electron chi connectivity index (χ3n) is 3.92. The first-order valence-corrected chi connectivity index (χ1v) is 9.11. The van der Waals surface area contributed by atoms with Crippen LogP contribution in [0.4, 0.5) is 0 Å². The van der Waals surface area contributed by atoms with Crippen molar-refractivity contribution >= 4 is 21.8 Å². The molecule has 25 heavy (non-hydrogen) atoms. The van der Waals surface area contributed by atoms with Crippen LogP contribution in [-0.2, 0) is 0 Å². The van der Waals surface area contributed by atoms with Gasteiger partial charge in [-0.1, -0.05) is 29.8 Å². The third kappa shape index (κ3) is 4.02. The molecular weight excluding hydrogens is 380 g/mol. The topological polar surface area (TPSA) is 51.9 Å². The van der Waals surface area contributed by atoms with E-state index in [0.717, 1.165) is 22.4 Å². The van der Waals surface area contributed by atoms with Crippen LogP contribution in [0.2, 0.25) is 0 Å². The Hall–Kier alpha value is -2.34. The number of aromatic nitrogens is 3. The van der Waals surface area contributed by atoms with Gasteiger partial charge in [0.05, 0.1) is 11.9 Å². The fourth-order valence-electron chi connectivity index (χ4n) is 2.57. The molecular formula is C19H21BrN4O. The van der Waals surface area contributed by atoms with E-state index in [0.29, 0.717) is 18.0 Å². The number of hydrogen-bond acceptors (Lipinski definition) is 2. The molecule has 0 aliphatic rings. The van der Waals surface area contributed by atoms with E-state index in [1.807, 2.05) is 53.4 Å². The summed E-state index contributed by atoms with van der Waals surface area (Å²) in [6, 6.07) is 11.7. The van der Waals surface area contributed by atoms with Crippen LogP contribution in [0.25, 0.3) is 11.5 Å². The monoisotopic (exact) mass is 400 g/mol. The number of nitrogens with zero attached hydrogens (tertiary/aromatic N) is 3. The van der Waals surface area contributed by atoms with Gasteiger partial charge >= 0.3 is 0 Å². The summed E-state index contributed by atoms with van der Waals surface area (Å²) in [7, 11) is 0. The lowest BCUT2D eigenvalue weighted by atomic mass is 10.1. The largest absolute Gasteiger partial charge is 0.352 e. The van der Waals surface area contributed by atoms with Gasteiger partial charge in [0.15, 0.2) is 5.82 Å². The van der Waals surface area contributed by atoms with E-state index in [4.69, 9.17) is 0 Å². The highest BCUT2D eigenvalue weighted by molar-refractivity contribution is 9.10. The molecule has 0 saturated carbocycles. The van der Waals surface area contributed by atoms with Crippen LogP contribution < -0.4 is 5.32 Å². The maximum Gasteiger partial charge on any atom is 0.256 e. The number of hydrogen-bond donors (Lipinski definition) is 1. The van der Waals surface area contributed by atoms with Crippen molar-refractivity contribution in [1.29, 1.82) is 0 Å². The van der Waals surface area contributed by atoms with E-state index >= 15 is 0 Å². The average molecular weight is 401 g/mol. The van der Waals surface area contributed by atoms with Crippen molar-refractivity contribution in [3.8, 4) is 11.5 Å². The number of rotatable bonds is 6. The van der Waals surface area contributed by atoms with Crippen LogP contribution in [0, 0.1) is 5.92 Å². The minimum absolute atomic E-state index is 0.104. The summed E-state index contributed by atoms with van der Waals surface area (Å²) in [4.78, 5) is 12.7. The van der Waals surface area contributed by atoms with Gasteiger partial charge < -0.3 is 9.88 Å². The predicted molar refractivity (Wildman–Crippen MR) is 102 cm³/mol. The number of carbonyl (C=O) groups is 1. The van der Waals surface area contributed by atoms with Crippen LogP contribution in [0.3, 0.4) is 0 Å². The summed E-state index contributed by atoms with van der Waals surface area (Å²) in [5, 5.41) is 7.45. The number of benzene rings is 1. The molecule has 1 amide bonds. The lowest BCUT2D eigenvalue weighted by molar-refractivity contribution is 0.0952. The van der Waals surface area contributed by atoms with E-state index in [1.165, 1.54) is 0 Å². The van der Waals surface area contributed by atoms with Gasteiger partial charge in [-0.15, -0.1) is 0 Å². The SMILES string of the molecule is CC(C)CCNC(=O)c1cnn(-c2ccc(Br)cc2)c1-n1cccc1. The molecule has 1 aromatic carbocycles. The van der Waals surface area contributed by atoms with Crippen LogP contribution in [0.5, 0.6) is 0 Å². The van der Waals surface area contributed by atoms with Crippen molar-refractivity contribution in [2.45, 2.75) is 20.3 Å². The van der Waals surface area contributed by atoms with Crippen LogP contribution >= 0.6 is 15.9 Å². The molecule has 0 aliphatic heterocycles. The van der Waals surface area contributed by atoms with E-state index in [-0.39, 0.29) is 5.91 Å². The van der Waals surface area contributed by atoms with Gasteiger partial charge in [-0.2, -0.15) is 5.10 Å². The summed E-state index contributed by atoms with van der Waals surface area (Å²) in [6.45, 7) is 4.94. The van der Waals surface area contributed by atoms with Gasteiger partial charge in [-0.3, -0.25) is 4.79 Å². The first-order valence-electron chi connectivity index (χ1n) is 8.32. The lowest BCUT2D eigenvalue weighted by Gasteiger charge is -2.12. The van der Waals surface area contributed by atoms with Gasteiger partial charge in [0, 0.05) is 23.4 Å². The molecule has 1 N–H and O–H groups in total. The van der Waals surface area contributed by atoms with Gasteiger partial charge in [0.25, 0.3) is 5.91 Å². The van der Waals surface area contributed by atoms with E-state index < -0.39 is 0 Å². The minimum atomic E-state index is -0.104. The fraction of sp³-hybridized carbons (Fsp3) is 0.263. The number of halogens is 1. The van der Waals surface area contributed by atoms with Crippen molar-refractivity contribution in [2.24, 2.45) is 5.92 Å². The summed E-state index contributed by atoms with van der Waals surface area (Å²) in [5.74, 6) is 1.18. The third-order valence-corrected chi connectivity index (χ3v) is 4.44. The summed E-state index contributed by atoms with van der Waals surface area (Å²) in [6.07, 6.45) is 6.40. The maximum absolute atomic E-state index is 12.7. The van der Waals surface area contributed by atoms with Crippen molar-refractivity contribution in [3.05, 3.63) is 65.0 Å². The summed E-state index contributed by atoms with van der Waals surface area (Å²) < 4.78 is 4.69. The molecule has 3 rings (SSSR count). The zero-order chi connectivity index (χ0) is 17.8. The molecule has 6 heteroatoms. The molecule has 2 aromatic heterocycles. The summed E-state index contributed by atoms with van der Waals surface area (Å²) in [5.41, 5.74) is 1.45. The first kappa shape index (κ1) is 17.5. The van der Waals surface area contributed by atoms with Gasteiger partial charge in [0.1, 0.15) is 5.56 Å². The molecule has 0 fully saturated rings. The Kier molecular flexibility index (Phi) is 5.38. The molecule has 0 aliphatic carbocycles. The van der Waals surface area contributed by atoms with Gasteiger partial charge in [-0.05, 0) is 48.7 Å². The van der Waals surface area contributed by atoms with Crippen molar-refractivity contribution in [3.63, 3.8) is 0 Å². The van der Waals surface area contributed by atoms with E-state index in [1.54, 1.807) is 10.9 Å². The Labute approximate surface area is 155 Å². The highest BCUT2D eigenvalue weighted by atomic mass is 79.9. The minimum Gasteiger partial charge on any atom is -0.352 e. The summed E-state index contributed by atoms with van der Waals surface area (Å²) >= 11 is 3.44. The maximum atomic E-state index is 12.7. The molecule has 2 heterocycles. The Morgan fingerprint density at radius 2 is 1.88 bits per heavy atom. The Bertz CT molecular complexity index is 835. The lowest BCUT2D eigenvalue weighted by Crippen LogP contribution is -2.26. The molecule has 0 bridgehead atoms. The molecule has 3 aromatic rings. The molecule has 130 valence electrons. The first-order chi connectivity index (χ1) is 12.1. The van der Waals surface area contributed by atoms with E-state index in [9.17, 15) is 4.79 Å². The van der Waals surface area contributed by atoms with Crippen LogP contribution in [0.1, 0.15) is 30.6 Å². The van der Waals surface area contributed by atoms with Gasteiger partial charge in [-0.25, -0.2) is 4.68 Å². The highest BCUT2D eigenvalue weighted by Gasteiger charge is 2.19. The molecule has 0 radical (unpaired) electrons. The van der Waals surface area contributed by atoms with Gasteiger partial charge in [0.2, 0.25) is 0 Å². The zero-order valence-electron chi connectivity index (χ0n) is 14.3. The van der Waals surface area contributed by atoms with E-state index in [2.05, 4.69) is 40.2 Å². The molecule has 0 spiro atoms. The van der Waals surface area contributed by atoms with Crippen molar-refractivity contribution in [1.82, 2.24) is 19.7 Å². The smallest absolute Gasteiger partial charge is 0.256 e. The van der Waals surface area contributed by atoms with Crippen molar-refractivity contribution < 1.29 is 4.79 Å². The highest BCUT2D eigenvalue weighted by Crippen LogP contribution is 2.21. The molecule has 5 nitrogen and oxygen atoms in total. The zero-order valence-corrected chi connectivity index (χ0v) is 15.9. The van der Waals surface area contributed by atoms with Crippen LogP contribution in [-0.4, -0.2) is 26.8 Å².